The van der Waals surface area contributed by atoms with E-state index in [0.717, 1.165) is 11.3 Å². The van der Waals surface area contributed by atoms with Crippen LogP contribution in [0.5, 0.6) is 5.88 Å². The number of carbonyl (C=O) groups is 1. The number of hydrogen-bond acceptors (Lipinski definition) is 3. The van der Waals surface area contributed by atoms with Crippen molar-refractivity contribution in [1.29, 1.82) is 0 Å². The highest BCUT2D eigenvalue weighted by Crippen LogP contribution is 2.51. The van der Waals surface area contributed by atoms with Crippen molar-refractivity contribution in [2.24, 2.45) is 13.0 Å². The van der Waals surface area contributed by atoms with Crippen LogP contribution >= 0.6 is 0 Å². The van der Waals surface area contributed by atoms with Crippen LogP contribution in [0.15, 0.2) is 0 Å². The fourth-order valence-electron chi connectivity index (χ4n) is 2.11. The molecule has 1 aliphatic rings. The number of ether oxygens (including phenoxy) is 1. The van der Waals surface area contributed by atoms with E-state index in [1.165, 1.54) is 0 Å². The molecule has 15 heavy (non-hydrogen) atoms. The number of aliphatic carboxylic acids is 1. The number of methoxy groups -OCH3 is 1. The van der Waals surface area contributed by atoms with Crippen LogP contribution in [-0.2, 0) is 11.8 Å². The van der Waals surface area contributed by atoms with Gasteiger partial charge in [0.1, 0.15) is 0 Å². The summed E-state index contributed by atoms with van der Waals surface area (Å²) in [6, 6.07) is 0. The van der Waals surface area contributed by atoms with Crippen LogP contribution in [0.3, 0.4) is 0 Å². The number of aromatic nitrogens is 2. The first-order valence-corrected chi connectivity index (χ1v) is 4.86. The SMILES string of the molecule is COc1c(C2CC2C(=O)O)c(C)nn1C. The number of hydrogen-bond donors (Lipinski definition) is 1. The minimum atomic E-state index is -0.731. The third kappa shape index (κ3) is 1.48. The average Bonchev–Trinajstić information content (AvgIpc) is 2.87. The van der Waals surface area contributed by atoms with Gasteiger partial charge in [0.05, 0.1) is 18.7 Å². The summed E-state index contributed by atoms with van der Waals surface area (Å²) in [4.78, 5) is 10.8. The van der Waals surface area contributed by atoms with Crippen molar-refractivity contribution in [2.45, 2.75) is 19.3 Å². The molecule has 1 N–H and O–H groups in total. The average molecular weight is 210 g/mol. The number of carboxylic acids is 1. The molecule has 5 nitrogen and oxygen atoms in total. The van der Waals surface area contributed by atoms with Gasteiger partial charge in [-0.3, -0.25) is 4.79 Å². The van der Waals surface area contributed by atoms with Gasteiger partial charge in [0, 0.05) is 18.5 Å². The molecule has 0 aromatic carbocycles. The zero-order valence-electron chi connectivity index (χ0n) is 9.02. The largest absolute Gasteiger partial charge is 0.481 e. The third-order valence-corrected chi connectivity index (χ3v) is 2.89. The molecule has 2 rings (SSSR count). The molecular weight excluding hydrogens is 196 g/mol. The van der Waals surface area contributed by atoms with E-state index < -0.39 is 5.97 Å². The van der Waals surface area contributed by atoms with Crippen LogP contribution in [0, 0.1) is 12.8 Å². The zero-order valence-corrected chi connectivity index (χ0v) is 9.02. The second kappa shape index (κ2) is 3.25. The molecule has 1 aliphatic carbocycles. The summed E-state index contributed by atoms with van der Waals surface area (Å²) >= 11 is 0. The first kappa shape index (κ1) is 10.0. The van der Waals surface area contributed by atoms with Gasteiger partial charge in [0.2, 0.25) is 5.88 Å². The summed E-state index contributed by atoms with van der Waals surface area (Å²) in [6.45, 7) is 1.88. The number of rotatable bonds is 3. The van der Waals surface area contributed by atoms with Gasteiger partial charge in [-0.1, -0.05) is 0 Å². The molecule has 1 aromatic heterocycles. The molecule has 0 aliphatic heterocycles. The van der Waals surface area contributed by atoms with Gasteiger partial charge in [-0.05, 0) is 13.3 Å². The highest BCUT2D eigenvalue weighted by molar-refractivity contribution is 5.75. The summed E-state index contributed by atoms with van der Waals surface area (Å²) in [7, 11) is 3.38. The number of aryl methyl sites for hydroxylation is 2. The van der Waals surface area contributed by atoms with Gasteiger partial charge in [-0.2, -0.15) is 5.10 Å². The minimum Gasteiger partial charge on any atom is -0.481 e. The smallest absolute Gasteiger partial charge is 0.307 e. The molecule has 1 saturated carbocycles. The summed E-state index contributed by atoms with van der Waals surface area (Å²) < 4.78 is 6.89. The Morgan fingerprint density at radius 2 is 2.33 bits per heavy atom. The molecule has 2 unspecified atom stereocenters. The Kier molecular flexibility index (Phi) is 2.17. The topological polar surface area (TPSA) is 64.3 Å². The van der Waals surface area contributed by atoms with Crippen molar-refractivity contribution in [3.63, 3.8) is 0 Å². The van der Waals surface area contributed by atoms with Crippen molar-refractivity contribution in [3.05, 3.63) is 11.3 Å². The van der Waals surface area contributed by atoms with Crippen LogP contribution in [0.4, 0.5) is 0 Å². The quantitative estimate of drug-likeness (QED) is 0.805. The van der Waals surface area contributed by atoms with E-state index in [-0.39, 0.29) is 11.8 Å². The van der Waals surface area contributed by atoms with Crippen LogP contribution in [0.2, 0.25) is 0 Å². The summed E-state index contributed by atoms with van der Waals surface area (Å²) in [5.74, 6) is -0.237. The summed E-state index contributed by atoms with van der Waals surface area (Å²) in [5, 5.41) is 13.1. The molecule has 0 spiro atoms. The molecule has 0 amide bonds. The molecule has 0 radical (unpaired) electrons. The standard InChI is InChI=1S/C10H14N2O3/c1-5-8(6-4-7(6)10(13)14)9(15-3)12(2)11-5/h6-7H,4H2,1-3H3,(H,13,14). The lowest BCUT2D eigenvalue weighted by Gasteiger charge is -2.03. The first-order valence-electron chi connectivity index (χ1n) is 4.86. The molecule has 2 atom stereocenters. The Bertz CT molecular complexity index is 411. The van der Waals surface area contributed by atoms with E-state index in [1.54, 1.807) is 18.8 Å². The molecule has 1 heterocycles. The van der Waals surface area contributed by atoms with Crippen LogP contribution in [-0.4, -0.2) is 28.0 Å². The number of carboxylic acid groups (broad SMARTS) is 1. The van der Waals surface area contributed by atoms with Crippen molar-refractivity contribution >= 4 is 5.97 Å². The Morgan fingerprint density at radius 3 is 2.80 bits per heavy atom. The number of nitrogens with zero attached hydrogens (tertiary/aromatic N) is 2. The molecular formula is C10H14N2O3. The molecule has 5 heteroatoms. The zero-order chi connectivity index (χ0) is 11.2. The van der Waals surface area contributed by atoms with Gasteiger partial charge >= 0.3 is 5.97 Å². The minimum absolute atomic E-state index is 0.0751. The molecule has 1 aromatic rings. The summed E-state index contributed by atoms with van der Waals surface area (Å²) in [6.07, 6.45) is 0.693. The predicted molar refractivity (Wildman–Crippen MR) is 53.0 cm³/mol. The fourth-order valence-corrected chi connectivity index (χ4v) is 2.11. The van der Waals surface area contributed by atoms with Crippen LogP contribution < -0.4 is 4.74 Å². The van der Waals surface area contributed by atoms with E-state index >= 15 is 0 Å². The maximum atomic E-state index is 10.8. The van der Waals surface area contributed by atoms with Crippen LogP contribution in [0.1, 0.15) is 23.6 Å². The lowest BCUT2D eigenvalue weighted by Crippen LogP contribution is -2.01. The van der Waals surface area contributed by atoms with E-state index in [0.29, 0.717) is 12.3 Å². The fraction of sp³-hybridized carbons (Fsp3) is 0.600. The molecule has 0 bridgehead atoms. The normalized spacial score (nSPS) is 23.9. The second-order valence-electron chi connectivity index (χ2n) is 3.92. The molecule has 1 fully saturated rings. The molecule has 0 saturated heterocycles. The monoisotopic (exact) mass is 210 g/mol. The van der Waals surface area contributed by atoms with Gasteiger partial charge in [-0.15, -0.1) is 0 Å². The van der Waals surface area contributed by atoms with Crippen molar-refractivity contribution in [3.8, 4) is 5.88 Å². The van der Waals surface area contributed by atoms with E-state index in [9.17, 15) is 4.79 Å². The third-order valence-electron chi connectivity index (χ3n) is 2.89. The highest BCUT2D eigenvalue weighted by atomic mass is 16.5. The van der Waals surface area contributed by atoms with Crippen molar-refractivity contribution in [2.75, 3.05) is 7.11 Å². The van der Waals surface area contributed by atoms with Gasteiger partial charge in [0.15, 0.2) is 0 Å². The lowest BCUT2D eigenvalue weighted by atomic mass is 10.1. The molecule has 82 valence electrons. The second-order valence-corrected chi connectivity index (χ2v) is 3.92. The van der Waals surface area contributed by atoms with E-state index in [4.69, 9.17) is 9.84 Å². The Hall–Kier alpha value is -1.52. The Balaban J connectivity index is 2.33. The van der Waals surface area contributed by atoms with Gasteiger partial charge in [0.25, 0.3) is 0 Å². The Labute approximate surface area is 87.7 Å². The van der Waals surface area contributed by atoms with E-state index in [1.807, 2.05) is 6.92 Å². The predicted octanol–water partition coefficient (Wildman–Crippen LogP) is 0.925. The Morgan fingerprint density at radius 1 is 1.67 bits per heavy atom. The maximum absolute atomic E-state index is 10.8. The van der Waals surface area contributed by atoms with Crippen LogP contribution in [0.25, 0.3) is 0 Å². The van der Waals surface area contributed by atoms with Gasteiger partial charge in [-0.25, -0.2) is 4.68 Å². The summed E-state index contributed by atoms with van der Waals surface area (Å²) in [5.41, 5.74) is 1.82. The van der Waals surface area contributed by atoms with Gasteiger partial charge < -0.3 is 9.84 Å². The maximum Gasteiger partial charge on any atom is 0.307 e. The van der Waals surface area contributed by atoms with E-state index in [2.05, 4.69) is 5.10 Å². The van der Waals surface area contributed by atoms with Crippen molar-refractivity contribution < 1.29 is 14.6 Å². The van der Waals surface area contributed by atoms with Crippen molar-refractivity contribution in [1.82, 2.24) is 9.78 Å². The highest BCUT2D eigenvalue weighted by Gasteiger charge is 2.47. The lowest BCUT2D eigenvalue weighted by molar-refractivity contribution is -0.138. The first-order chi connectivity index (χ1) is 7.06.